The minimum absolute atomic E-state index is 0.134. The second-order valence-electron chi connectivity index (χ2n) is 25.7. The number of alkyl halides is 6. The summed E-state index contributed by atoms with van der Waals surface area (Å²) in [5, 5.41) is 0. The zero-order valence-corrected chi connectivity index (χ0v) is 44.1. The Hall–Kier alpha value is -0.420. The Morgan fingerprint density at radius 3 is 0.842 bits per heavy atom. The summed E-state index contributed by atoms with van der Waals surface area (Å²) in [5.74, 6) is 1.13. The molecule has 0 bridgehead atoms. The summed E-state index contributed by atoms with van der Waals surface area (Å²) in [4.78, 5) is 0. The Kier molecular flexibility index (Phi) is 29.4. The molecule has 4 atom stereocenters. The third-order valence-corrected chi connectivity index (χ3v) is 13.7. The maximum Gasteiger partial charge on any atom is 0.392 e. The predicted octanol–water partition coefficient (Wildman–Crippen LogP) is 19.8. The van der Waals surface area contributed by atoms with Crippen molar-refractivity contribution in [3.63, 3.8) is 0 Å². The highest BCUT2D eigenvalue weighted by molar-refractivity contribution is 4.97. The van der Waals surface area contributed by atoms with Crippen molar-refractivity contribution in [3.05, 3.63) is 0 Å². The van der Waals surface area contributed by atoms with Crippen LogP contribution in [-0.2, 0) is 0 Å². The van der Waals surface area contributed by atoms with Crippen LogP contribution in [0.2, 0.25) is 0 Å². The summed E-state index contributed by atoms with van der Waals surface area (Å²) in [5.41, 5.74) is 2.04. The molecule has 0 heterocycles. The lowest BCUT2D eigenvalue weighted by molar-refractivity contribution is -0.194. The van der Waals surface area contributed by atoms with Crippen molar-refractivity contribution < 1.29 is 26.3 Å². The van der Waals surface area contributed by atoms with E-state index in [9.17, 15) is 26.3 Å². The summed E-state index contributed by atoms with van der Waals surface area (Å²) in [6, 6.07) is 0. The minimum Gasteiger partial charge on any atom is -0.251 e. The molecule has 0 spiro atoms. The Labute approximate surface area is 356 Å². The number of hydrogen-bond acceptors (Lipinski definition) is 0. The lowest BCUT2D eigenvalue weighted by Crippen LogP contribution is -2.31. The van der Waals surface area contributed by atoms with Gasteiger partial charge in [-0.15, -0.1) is 0 Å². The monoisotopic (exact) mass is 833 g/mol. The van der Waals surface area contributed by atoms with Crippen LogP contribution < -0.4 is 0 Å². The molecule has 352 valence electrons. The molecule has 0 N–H and O–H groups in total. The molecule has 0 aliphatic heterocycles. The van der Waals surface area contributed by atoms with Crippen molar-refractivity contribution in [3.8, 4) is 0 Å². The normalized spacial score (nSPS) is 18.1. The number of rotatable bonds is 3. The summed E-state index contributed by atoms with van der Waals surface area (Å²) >= 11 is 0. The van der Waals surface area contributed by atoms with Crippen LogP contribution in [-0.4, -0.2) is 19.3 Å². The highest BCUT2D eigenvalue weighted by atomic mass is 19.4. The minimum atomic E-state index is -4.06. The molecule has 2 saturated carbocycles. The maximum atomic E-state index is 11.9. The second-order valence-corrected chi connectivity index (χ2v) is 25.7. The van der Waals surface area contributed by atoms with E-state index in [-0.39, 0.29) is 23.4 Å². The van der Waals surface area contributed by atoms with Crippen molar-refractivity contribution in [2.45, 2.75) is 245 Å². The standard InChI is InChI=1S/C8H16.C8H18.C7H13F3.C7H14F2.C7H15F.C7H14.C7H16/c1-7(2,3)8(4)5-6-8;1-6-7(2)8(3,4)5;1-5(6(2,3)4)7(8,9)10;1-5(6(8)9)7(2,3)4;1-6(5-8)7(2,3)4;1-7(2,3)6-4-5-6;1-6(2)7(3,4)5/h5-6H2,1-4H3;7H,6H2,1-5H3;5H,1-4H3;5-6H,1-4H3;6H,5H2,1-4H3;6H,4-5H2,1-3H3;6H,1-5H3. The summed E-state index contributed by atoms with van der Waals surface area (Å²) in [7, 11) is 0. The molecule has 0 radical (unpaired) electrons. The largest absolute Gasteiger partial charge is 0.392 e. The van der Waals surface area contributed by atoms with E-state index in [0.717, 1.165) is 17.8 Å². The van der Waals surface area contributed by atoms with Crippen molar-refractivity contribution in [2.24, 2.45) is 78.8 Å². The van der Waals surface area contributed by atoms with E-state index >= 15 is 0 Å². The van der Waals surface area contributed by atoms with Crippen LogP contribution in [0, 0.1) is 78.8 Å². The van der Waals surface area contributed by atoms with Gasteiger partial charge in [0.05, 0.1) is 12.6 Å². The maximum absolute atomic E-state index is 11.9. The molecular formula is C51H106F6. The van der Waals surface area contributed by atoms with Gasteiger partial charge in [-0.1, -0.05) is 207 Å². The molecule has 2 aliphatic rings. The van der Waals surface area contributed by atoms with Gasteiger partial charge in [-0.25, -0.2) is 8.78 Å². The van der Waals surface area contributed by atoms with Gasteiger partial charge in [0.25, 0.3) is 0 Å². The molecule has 2 fully saturated rings. The lowest BCUT2D eigenvalue weighted by Gasteiger charge is -2.28. The Morgan fingerprint density at radius 2 is 0.842 bits per heavy atom. The highest BCUT2D eigenvalue weighted by Gasteiger charge is 2.47. The Balaban J connectivity index is -0.000000185. The summed E-state index contributed by atoms with van der Waals surface area (Å²) in [6.07, 6.45) is 0.881. The van der Waals surface area contributed by atoms with Gasteiger partial charge in [0.2, 0.25) is 6.43 Å². The third-order valence-electron chi connectivity index (χ3n) is 13.7. The predicted molar refractivity (Wildman–Crippen MR) is 246 cm³/mol. The fourth-order valence-electron chi connectivity index (χ4n) is 3.60. The van der Waals surface area contributed by atoms with Gasteiger partial charge < -0.3 is 0 Å². The van der Waals surface area contributed by atoms with Gasteiger partial charge in [-0.3, -0.25) is 4.39 Å². The average molecular weight is 833 g/mol. The molecule has 57 heavy (non-hydrogen) atoms. The average Bonchev–Trinajstić information content (AvgIpc) is 3.90. The van der Waals surface area contributed by atoms with Crippen LogP contribution in [0.15, 0.2) is 0 Å². The molecule has 2 aliphatic carbocycles. The topological polar surface area (TPSA) is 0 Å². The molecule has 0 aromatic carbocycles. The molecule has 4 unspecified atom stereocenters. The van der Waals surface area contributed by atoms with Crippen LogP contribution in [0.3, 0.4) is 0 Å². The van der Waals surface area contributed by atoms with Gasteiger partial charge in [0.15, 0.2) is 0 Å². The Bertz CT molecular complexity index is 915. The van der Waals surface area contributed by atoms with E-state index < -0.39 is 29.9 Å². The molecule has 2 rings (SSSR count). The van der Waals surface area contributed by atoms with E-state index in [1.165, 1.54) is 39.0 Å². The number of hydrogen-bond donors (Lipinski definition) is 0. The van der Waals surface area contributed by atoms with Crippen LogP contribution in [0.5, 0.6) is 0 Å². The fraction of sp³-hybridized carbons (Fsp3) is 1.00. The highest BCUT2D eigenvalue weighted by Crippen LogP contribution is 2.57. The van der Waals surface area contributed by atoms with Gasteiger partial charge in [-0.2, -0.15) is 13.2 Å². The SMILES string of the molecule is CC(C(C)(C)C)C(F)(F)F.CC(C(F)F)C(C)(C)C.CC(C)(C)C1(C)CC1.CC(C)(C)C1CC1.CC(C)C(C)(C)C.CC(CF)C(C)(C)C.CCC(C)C(C)(C)C. The van der Waals surface area contributed by atoms with Gasteiger partial charge in [0.1, 0.15) is 0 Å². The smallest absolute Gasteiger partial charge is 0.251 e. The number of halogens is 6. The first-order chi connectivity index (χ1) is 24.5. The lowest BCUT2D eigenvalue weighted by atomic mass is 9.79. The molecule has 0 aromatic heterocycles. The van der Waals surface area contributed by atoms with Crippen LogP contribution >= 0.6 is 0 Å². The van der Waals surface area contributed by atoms with Crippen LogP contribution in [0.25, 0.3) is 0 Å². The Morgan fingerprint density at radius 1 is 0.526 bits per heavy atom. The first-order valence-corrected chi connectivity index (χ1v) is 22.4. The van der Waals surface area contributed by atoms with E-state index in [1.807, 2.05) is 27.7 Å². The summed E-state index contributed by atoms with van der Waals surface area (Å²) < 4.78 is 71.6. The van der Waals surface area contributed by atoms with Gasteiger partial charge in [0, 0.05) is 5.92 Å². The van der Waals surface area contributed by atoms with Crippen molar-refractivity contribution in [1.82, 2.24) is 0 Å². The van der Waals surface area contributed by atoms with Crippen molar-refractivity contribution >= 4 is 0 Å². The molecule has 0 saturated heterocycles. The van der Waals surface area contributed by atoms with E-state index in [1.54, 1.807) is 27.7 Å². The third kappa shape index (κ3) is 36.0. The van der Waals surface area contributed by atoms with Gasteiger partial charge in [-0.05, 0) is 92.7 Å². The van der Waals surface area contributed by atoms with Gasteiger partial charge >= 0.3 is 6.18 Å². The zero-order valence-electron chi connectivity index (χ0n) is 44.1. The van der Waals surface area contributed by atoms with Crippen molar-refractivity contribution in [1.29, 1.82) is 0 Å². The van der Waals surface area contributed by atoms with E-state index in [0.29, 0.717) is 27.1 Å². The molecule has 0 aromatic rings. The van der Waals surface area contributed by atoms with Crippen LogP contribution in [0.4, 0.5) is 26.3 Å². The van der Waals surface area contributed by atoms with Crippen molar-refractivity contribution in [2.75, 3.05) is 6.67 Å². The van der Waals surface area contributed by atoms with Crippen LogP contribution in [0.1, 0.15) is 233 Å². The summed E-state index contributed by atoms with van der Waals surface area (Å²) in [6.45, 7) is 60.0. The second kappa shape index (κ2) is 25.5. The molecule has 0 amide bonds. The first-order valence-electron chi connectivity index (χ1n) is 22.4. The van der Waals surface area contributed by atoms with E-state index in [4.69, 9.17) is 0 Å². The first kappa shape index (κ1) is 65.7. The molecule has 6 heteroatoms. The zero-order chi connectivity index (χ0) is 47.8. The fourth-order valence-corrected chi connectivity index (χ4v) is 3.60. The van der Waals surface area contributed by atoms with E-state index in [2.05, 4.69) is 138 Å². The molecular weight excluding hydrogens is 727 g/mol. The quantitative estimate of drug-likeness (QED) is 0.249. The molecule has 0 nitrogen and oxygen atoms in total.